The maximum atomic E-state index is 13.9. The highest BCUT2D eigenvalue weighted by Gasteiger charge is 2.23. The van der Waals surface area contributed by atoms with Crippen molar-refractivity contribution in [3.8, 4) is 5.69 Å². The van der Waals surface area contributed by atoms with Crippen molar-refractivity contribution >= 4 is 17.2 Å². The van der Waals surface area contributed by atoms with E-state index in [0.29, 0.717) is 50.7 Å². The van der Waals surface area contributed by atoms with Gasteiger partial charge in [0.1, 0.15) is 17.2 Å². The quantitative estimate of drug-likeness (QED) is 0.545. The van der Waals surface area contributed by atoms with E-state index in [4.69, 9.17) is 9.72 Å². The molecule has 3 aromatic rings. The first-order valence-corrected chi connectivity index (χ1v) is 11.1. The Morgan fingerprint density at radius 1 is 1.19 bits per heavy atom. The molecule has 1 aliphatic rings. The number of imidazole rings is 1. The first-order chi connectivity index (χ1) is 15.7. The largest absolute Gasteiger partial charge is 0.382 e. The zero-order chi connectivity index (χ0) is 22.3. The zero-order valence-electron chi connectivity index (χ0n) is 18.3. The summed E-state index contributed by atoms with van der Waals surface area (Å²) in [7, 11) is 0. The fraction of sp³-hybridized carbons (Fsp3) is 0.435. The van der Waals surface area contributed by atoms with Crippen molar-refractivity contribution in [2.45, 2.75) is 19.9 Å². The molecule has 1 N–H and O–H groups in total. The summed E-state index contributed by atoms with van der Waals surface area (Å²) in [5.74, 6) is 0.505. The number of benzene rings is 1. The summed E-state index contributed by atoms with van der Waals surface area (Å²) >= 11 is 0. The molecule has 3 heterocycles. The summed E-state index contributed by atoms with van der Waals surface area (Å²) in [5.41, 5.74) is 2.18. The lowest BCUT2D eigenvalue weighted by molar-refractivity contribution is 0.129. The van der Waals surface area contributed by atoms with Crippen LogP contribution >= 0.6 is 0 Å². The maximum absolute atomic E-state index is 13.9. The Labute approximate surface area is 187 Å². The Morgan fingerprint density at radius 2 is 2.03 bits per heavy atom. The van der Waals surface area contributed by atoms with E-state index in [0.717, 1.165) is 30.9 Å². The topological polar surface area (TPSA) is 75.5 Å². The lowest BCUT2D eigenvalue weighted by Gasteiger charge is -2.34. The maximum Gasteiger partial charge on any atom is 0.317 e. The van der Waals surface area contributed by atoms with E-state index in [-0.39, 0.29) is 11.8 Å². The highest BCUT2D eigenvalue weighted by atomic mass is 19.1. The van der Waals surface area contributed by atoms with Crippen LogP contribution in [0, 0.1) is 5.82 Å². The molecule has 32 heavy (non-hydrogen) atoms. The van der Waals surface area contributed by atoms with Crippen molar-refractivity contribution in [1.82, 2.24) is 29.7 Å². The third kappa shape index (κ3) is 5.23. The molecule has 2 aromatic heterocycles. The third-order valence-corrected chi connectivity index (χ3v) is 5.52. The number of pyridine rings is 1. The molecule has 4 rings (SSSR count). The van der Waals surface area contributed by atoms with Gasteiger partial charge in [0.25, 0.3) is 0 Å². The summed E-state index contributed by atoms with van der Waals surface area (Å²) in [5, 5.41) is 2.96. The molecule has 1 fully saturated rings. The monoisotopic (exact) mass is 440 g/mol. The second-order valence-corrected chi connectivity index (χ2v) is 7.74. The zero-order valence-corrected chi connectivity index (χ0v) is 18.3. The minimum atomic E-state index is -0.299. The average molecular weight is 441 g/mol. The van der Waals surface area contributed by atoms with Crippen LogP contribution in [-0.2, 0) is 11.3 Å². The van der Waals surface area contributed by atoms with Crippen LogP contribution < -0.4 is 5.32 Å². The van der Waals surface area contributed by atoms with Gasteiger partial charge in [-0.3, -0.25) is 9.47 Å². The molecule has 2 amide bonds. The molecule has 0 radical (unpaired) electrons. The number of amides is 2. The number of hydrogen-bond acceptors (Lipinski definition) is 5. The van der Waals surface area contributed by atoms with Crippen molar-refractivity contribution in [2.24, 2.45) is 0 Å². The molecule has 8 nitrogen and oxygen atoms in total. The molecular weight excluding hydrogens is 411 g/mol. The van der Waals surface area contributed by atoms with Crippen molar-refractivity contribution in [2.75, 3.05) is 45.9 Å². The number of nitrogens with one attached hydrogen (secondary N) is 1. The lowest BCUT2D eigenvalue weighted by atomic mass is 10.3. The number of rotatable bonds is 8. The SMILES string of the molecule is CCOCCCNC(=O)N1CCN(Cc2nc3cccnc3n2-c2cccc(F)c2)CC1. The number of piperazine rings is 1. The first-order valence-electron chi connectivity index (χ1n) is 11.1. The average Bonchev–Trinajstić information content (AvgIpc) is 3.17. The molecule has 1 aliphatic heterocycles. The Hall–Kier alpha value is -3.04. The standard InChI is InChI=1S/C23H29FN6O2/c1-2-32-15-5-10-26-23(31)29-13-11-28(12-14-29)17-21-27-20-8-4-9-25-22(20)30(21)19-7-3-6-18(24)16-19/h3-4,6-9,16H,2,5,10-15,17H2,1H3,(H,26,31). The second-order valence-electron chi connectivity index (χ2n) is 7.74. The first kappa shape index (κ1) is 22.2. The van der Waals surface area contributed by atoms with Gasteiger partial charge in [-0.1, -0.05) is 6.07 Å². The number of urea groups is 1. The number of carbonyl (C=O) groups is 1. The third-order valence-electron chi connectivity index (χ3n) is 5.52. The Morgan fingerprint density at radius 3 is 2.81 bits per heavy atom. The highest BCUT2D eigenvalue weighted by Crippen LogP contribution is 2.22. The molecule has 170 valence electrons. The number of halogens is 1. The molecule has 0 unspecified atom stereocenters. The summed E-state index contributed by atoms with van der Waals surface area (Å²) in [6, 6.07) is 10.2. The molecule has 1 saturated heterocycles. The van der Waals surface area contributed by atoms with E-state index < -0.39 is 0 Å². The predicted octanol–water partition coefficient (Wildman–Crippen LogP) is 2.81. The van der Waals surface area contributed by atoms with Crippen LogP contribution in [0.15, 0.2) is 42.6 Å². The summed E-state index contributed by atoms with van der Waals surface area (Å²) in [4.78, 5) is 25.7. The number of hydrogen-bond donors (Lipinski definition) is 1. The normalized spacial score (nSPS) is 14.8. The Kier molecular flexibility index (Phi) is 7.28. The van der Waals surface area contributed by atoms with Gasteiger partial charge in [-0.15, -0.1) is 0 Å². The minimum absolute atomic E-state index is 0.0302. The second kappa shape index (κ2) is 10.5. The van der Waals surface area contributed by atoms with Crippen LogP contribution in [0.5, 0.6) is 0 Å². The summed E-state index contributed by atoms with van der Waals surface area (Å²) < 4.78 is 21.1. The van der Waals surface area contributed by atoms with Gasteiger partial charge in [-0.2, -0.15) is 0 Å². The smallest absolute Gasteiger partial charge is 0.317 e. The van der Waals surface area contributed by atoms with E-state index in [1.165, 1.54) is 12.1 Å². The van der Waals surface area contributed by atoms with E-state index >= 15 is 0 Å². The number of fused-ring (bicyclic) bond motifs is 1. The molecule has 0 bridgehead atoms. The van der Waals surface area contributed by atoms with Crippen LogP contribution in [0.1, 0.15) is 19.2 Å². The molecule has 9 heteroatoms. The predicted molar refractivity (Wildman–Crippen MR) is 120 cm³/mol. The van der Waals surface area contributed by atoms with Crippen LogP contribution in [0.3, 0.4) is 0 Å². The number of ether oxygens (including phenoxy) is 1. The van der Waals surface area contributed by atoms with Gasteiger partial charge in [0.2, 0.25) is 0 Å². The fourth-order valence-corrected chi connectivity index (χ4v) is 3.89. The molecule has 0 aliphatic carbocycles. The number of aromatic nitrogens is 3. The van der Waals surface area contributed by atoms with Crippen LogP contribution in [0.25, 0.3) is 16.9 Å². The van der Waals surface area contributed by atoms with Gasteiger partial charge < -0.3 is 15.0 Å². The van der Waals surface area contributed by atoms with Crippen LogP contribution in [0.2, 0.25) is 0 Å². The molecular formula is C23H29FN6O2. The van der Waals surface area contributed by atoms with Crippen LogP contribution in [-0.4, -0.2) is 76.3 Å². The fourth-order valence-electron chi connectivity index (χ4n) is 3.89. The van der Waals surface area contributed by atoms with Gasteiger partial charge >= 0.3 is 6.03 Å². The van der Waals surface area contributed by atoms with Crippen LogP contribution in [0.4, 0.5) is 9.18 Å². The molecule has 0 saturated carbocycles. The van der Waals surface area contributed by atoms with Gasteiger partial charge in [0, 0.05) is 52.1 Å². The van der Waals surface area contributed by atoms with E-state index in [1.54, 1.807) is 12.3 Å². The van der Waals surface area contributed by atoms with Gasteiger partial charge in [-0.05, 0) is 43.7 Å². The van der Waals surface area contributed by atoms with Crippen molar-refractivity contribution < 1.29 is 13.9 Å². The minimum Gasteiger partial charge on any atom is -0.382 e. The summed E-state index contributed by atoms with van der Waals surface area (Å²) in [6.45, 7) is 7.30. The summed E-state index contributed by atoms with van der Waals surface area (Å²) in [6.07, 6.45) is 2.53. The van der Waals surface area contributed by atoms with E-state index in [2.05, 4.69) is 15.2 Å². The van der Waals surface area contributed by atoms with Gasteiger partial charge in [0.05, 0.1) is 12.2 Å². The van der Waals surface area contributed by atoms with E-state index in [9.17, 15) is 9.18 Å². The van der Waals surface area contributed by atoms with Crippen molar-refractivity contribution in [1.29, 1.82) is 0 Å². The van der Waals surface area contributed by atoms with Crippen molar-refractivity contribution in [3.63, 3.8) is 0 Å². The van der Waals surface area contributed by atoms with Gasteiger partial charge in [-0.25, -0.2) is 19.2 Å². The molecule has 0 atom stereocenters. The van der Waals surface area contributed by atoms with Crippen molar-refractivity contribution in [3.05, 3.63) is 54.2 Å². The Balaban J connectivity index is 1.40. The van der Waals surface area contributed by atoms with E-state index in [1.807, 2.05) is 34.6 Å². The number of nitrogens with zero attached hydrogens (tertiary/aromatic N) is 5. The Bertz CT molecular complexity index is 1050. The highest BCUT2D eigenvalue weighted by molar-refractivity contribution is 5.74. The lowest BCUT2D eigenvalue weighted by Crippen LogP contribution is -2.51. The number of carbonyl (C=O) groups excluding carboxylic acids is 1. The molecule has 0 spiro atoms. The molecule has 1 aromatic carbocycles. The van der Waals surface area contributed by atoms with Gasteiger partial charge in [0.15, 0.2) is 5.65 Å².